The first kappa shape index (κ1) is 14.7. The summed E-state index contributed by atoms with van der Waals surface area (Å²) in [6.45, 7) is 4.85. The Bertz CT molecular complexity index is 520. The van der Waals surface area contributed by atoms with Crippen LogP contribution >= 0.6 is 0 Å². The predicted molar refractivity (Wildman–Crippen MR) is 66.0 cm³/mol. The lowest BCUT2D eigenvalue weighted by atomic mass is 10.3. The number of aliphatic carboxylic acids is 1. The number of nitro groups is 1. The molecule has 2 N–H and O–H groups in total. The largest absolute Gasteiger partial charge is 0.480 e. The van der Waals surface area contributed by atoms with Gasteiger partial charge in [0.2, 0.25) is 0 Å². The van der Waals surface area contributed by atoms with Crippen LogP contribution in [0.3, 0.4) is 0 Å². The Kier molecular flexibility index (Phi) is 4.26. The lowest BCUT2D eigenvalue weighted by Crippen LogP contribution is -2.39. The Labute approximate surface area is 109 Å². The molecule has 1 atom stereocenters. The number of aromatic nitrogens is 1. The van der Waals surface area contributed by atoms with Gasteiger partial charge in [0.1, 0.15) is 11.7 Å². The second kappa shape index (κ2) is 5.51. The van der Waals surface area contributed by atoms with Gasteiger partial charge in [0.05, 0.1) is 11.1 Å². The molecule has 0 radical (unpaired) electrons. The summed E-state index contributed by atoms with van der Waals surface area (Å²) in [5, 5.41) is 21.7. The molecule has 19 heavy (non-hydrogen) atoms. The van der Waals surface area contributed by atoms with Crippen molar-refractivity contribution in [3.05, 3.63) is 28.1 Å². The highest BCUT2D eigenvalue weighted by Gasteiger charge is 2.23. The second-order valence-electron chi connectivity index (χ2n) is 4.38. The molecule has 1 amide bonds. The highest BCUT2D eigenvalue weighted by molar-refractivity contribution is 5.96. The molecular formula is C11H15N3O5. The molecule has 0 unspecified atom stereocenters. The zero-order chi connectivity index (χ0) is 14.7. The van der Waals surface area contributed by atoms with E-state index in [-0.39, 0.29) is 17.4 Å². The smallest absolute Gasteiger partial charge is 0.325 e. The van der Waals surface area contributed by atoms with Crippen LogP contribution in [0.1, 0.15) is 37.3 Å². The minimum absolute atomic E-state index is 0.0646. The van der Waals surface area contributed by atoms with E-state index >= 15 is 0 Å². The molecule has 8 heteroatoms. The molecule has 8 nitrogen and oxygen atoms in total. The van der Waals surface area contributed by atoms with Crippen molar-refractivity contribution in [1.29, 1.82) is 0 Å². The molecule has 0 fully saturated rings. The van der Waals surface area contributed by atoms with Crippen LogP contribution < -0.4 is 5.32 Å². The van der Waals surface area contributed by atoms with Gasteiger partial charge in [-0.1, -0.05) is 0 Å². The maximum atomic E-state index is 11.9. The highest BCUT2D eigenvalue weighted by Crippen LogP contribution is 2.20. The second-order valence-corrected chi connectivity index (χ2v) is 4.38. The number of hydrogen-bond acceptors (Lipinski definition) is 4. The number of nitrogens with one attached hydrogen (secondary N) is 1. The van der Waals surface area contributed by atoms with Gasteiger partial charge in [-0.15, -0.1) is 0 Å². The molecule has 0 spiro atoms. The zero-order valence-corrected chi connectivity index (χ0v) is 10.8. The van der Waals surface area contributed by atoms with Crippen LogP contribution in [0.2, 0.25) is 0 Å². The van der Waals surface area contributed by atoms with E-state index < -0.39 is 22.8 Å². The highest BCUT2D eigenvalue weighted by atomic mass is 16.6. The minimum atomic E-state index is -1.18. The summed E-state index contributed by atoms with van der Waals surface area (Å²) in [6, 6.07) is -0.0964. The third kappa shape index (κ3) is 3.30. The van der Waals surface area contributed by atoms with Crippen molar-refractivity contribution in [2.24, 2.45) is 0 Å². The minimum Gasteiger partial charge on any atom is -0.480 e. The number of hydrogen-bond donors (Lipinski definition) is 2. The molecule has 0 aromatic carbocycles. The standard InChI is InChI=1S/C11H15N3O5/c1-6(2)13-5-8(14(18)19)4-9(13)10(15)12-7(3)11(16)17/h4-7H,1-3H3,(H,12,15)(H,16,17)/t7-/m0/s1. The van der Waals surface area contributed by atoms with E-state index in [2.05, 4.69) is 5.32 Å². The van der Waals surface area contributed by atoms with Crippen molar-refractivity contribution in [2.75, 3.05) is 0 Å². The fourth-order valence-corrected chi connectivity index (χ4v) is 1.51. The Hall–Kier alpha value is -2.38. The molecular weight excluding hydrogens is 254 g/mol. The summed E-state index contributed by atoms with van der Waals surface area (Å²) in [5.41, 5.74) is -0.142. The van der Waals surface area contributed by atoms with Crippen molar-refractivity contribution in [3.63, 3.8) is 0 Å². The third-order valence-corrected chi connectivity index (χ3v) is 2.55. The first-order valence-electron chi connectivity index (χ1n) is 5.64. The maximum Gasteiger partial charge on any atom is 0.325 e. The van der Waals surface area contributed by atoms with E-state index in [4.69, 9.17) is 5.11 Å². The van der Waals surface area contributed by atoms with Gasteiger partial charge < -0.3 is 15.0 Å². The Morgan fingerprint density at radius 1 is 1.42 bits per heavy atom. The van der Waals surface area contributed by atoms with Crippen molar-refractivity contribution in [2.45, 2.75) is 32.9 Å². The summed E-state index contributed by atoms with van der Waals surface area (Å²) in [5.74, 6) is -1.83. The van der Waals surface area contributed by atoms with Gasteiger partial charge in [0.15, 0.2) is 0 Å². The molecule has 1 rings (SSSR count). The molecule has 0 bridgehead atoms. The van der Waals surface area contributed by atoms with Crippen molar-refractivity contribution in [1.82, 2.24) is 9.88 Å². The van der Waals surface area contributed by atoms with Crippen LogP contribution in [0, 0.1) is 10.1 Å². The van der Waals surface area contributed by atoms with E-state index in [1.165, 1.54) is 17.7 Å². The van der Waals surface area contributed by atoms with E-state index in [1.54, 1.807) is 13.8 Å². The molecule has 1 aromatic heterocycles. The van der Waals surface area contributed by atoms with Crippen LogP contribution in [0.4, 0.5) is 5.69 Å². The fraction of sp³-hybridized carbons (Fsp3) is 0.455. The monoisotopic (exact) mass is 269 g/mol. The quantitative estimate of drug-likeness (QED) is 0.615. The average Bonchev–Trinajstić information content (AvgIpc) is 2.73. The maximum absolute atomic E-state index is 11.9. The van der Waals surface area contributed by atoms with E-state index in [0.717, 1.165) is 6.07 Å². The predicted octanol–water partition coefficient (Wildman–Crippen LogP) is 1.18. The van der Waals surface area contributed by atoms with Gasteiger partial charge in [-0.25, -0.2) is 0 Å². The number of carboxylic acids is 1. The number of amides is 1. The van der Waals surface area contributed by atoms with Crippen LogP contribution in [-0.4, -0.2) is 32.5 Å². The van der Waals surface area contributed by atoms with Gasteiger partial charge >= 0.3 is 5.97 Å². The molecule has 0 saturated carbocycles. The van der Waals surface area contributed by atoms with Gasteiger partial charge in [-0.3, -0.25) is 19.7 Å². The van der Waals surface area contributed by atoms with Gasteiger partial charge in [-0.2, -0.15) is 0 Å². The van der Waals surface area contributed by atoms with Gasteiger partial charge in [0, 0.05) is 12.1 Å². The molecule has 0 aliphatic rings. The molecule has 1 aromatic rings. The first-order valence-corrected chi connectivity index (χ1v) is 5.64. The van der Waals surface area contributed by atoms with Crippen molar-refractivity contribution >= 4 is 17.6 Å². The first-order chi connectivity index (χ1) is 8.73. The molecule has 1 heterocycles. The zero-order valence-electron chi connectivity index (χ0n) is 10.8. The normalized spacial score (nSPS) is 12.2. The molecule has 0 aliphatic carbocycles. The van der Waals surface area contributed by atoms with Gasteiger partial charge in [0.25, 0.3) is 11.6 Å². The summed E-state index contributed by atoms with van der Waals surface area (Å²) in [6.07, 6.45) is 1.25. The summed E-state index contributed by atoms with van der Waals surface area (Å²) >= 11 is 0. The number of rotatable bonds is 5. The van der Waals surface area contributed by atoms with E-state index in [9.17, 15) is 19.7 Å². The van der Waals surface area contributed by atoms with Crippen LogP contribution in [0.5, 0.6) is 0 Å². The lowest BCUT2D eigenvalue weighted by molar-refractivity contribution is -0.384. The van der Waals surface area contributed by atoms with Crippen molar-refractivity contribution < 1.29 is 19.6 Å². The van der Waals surface area contributed by atoms with E-state index in [1.807, 2.05) is 0 Å². The molecule has 0 aliphatic heterocycles. The van der Waals surface area contributed by atoms with Crippen LogP contribution in [-0.2, 0) is 4.79 Å². The number of carbonyl (C=O) groups is 2. The van der Waals surface area contributed by atoms with Crippen LogP contribution in [0.25, 0.3) is 0 Å². The number of carboxylic acid groups (broad SMARTS) is 1. The molecule has 0 saturated heterocycles. The average molecular weight is 269 g/mol. The SMILES string of the molecule is CC(C)n1cc([N+](=O)[O-])cc1C(=O)N[C@@H](C)C(=O)O. The Morgan fingerprint density at radius 2 is 2.00 bits per heavy atom. The topological polar surface area (TPSA) is 114 Å². The Balaban J connectivity index is 3.07. The van der Waals surface area contributed by atoms with E-state index in [0.29, 0.717) is 0 Å². The summed E-state index contributed by atoms with van der Waals surface area (Å²) in [7, 11) is 0. The van der Waals surface area contributed by atoms with Crippen molar-refractivity contribution in [3.8, 4) is 0 Å². The summed E-state index contributed by atoms with van der Waals surface area (Å²) < 4.78 is 1.43. The Morgan fingerprint density at radius 3 is 2.42 bits per heavy atom. The van der Waals surface area contributed by atoms with Gasteiger partial charge in [-0.05, 0) is 20.8 Å². The number of nitrogens with zero attached hydrogens (tertiary/aromatic N) is 2. The van der Waals surface area contributed by atoms with Crippen LogP contribution in [0.15, 0.2) is 12.3 Å². The summed E-state index contributed by atoms with van der Waals surface area (Å²) in [4.78, 5) is 32.7. The fourth-order valence-electron chi connectivity index (χ4n) is 1.51. The number of carbonyl (C=O) groups excluding carboxylic acids is 1. The third-order valence-electron chi connectivity index (χ3n) is 2.55. The lowest BCUT2D eigenvalue weighted by Gasteiger charge is -2.13. The molecule has 104 valence electrons.